The van der Waals surface area contributed by atoms with E-state index in [2.05, 4.69) is 10.3 Å². The standard InChI is InChI=1S/C25H28FN5O4/c1-25(35,22(32)23(33)31-14-17-3-2-8-28-20(17)15-31)24(34)29-13-16-6-9-30(10-7-16)21-5-4-19(26)11-18(21)12-27/h2-5,8,11,16,22,32,35H,6-7,9-10,13-15H2,1H3,(H,29,34)/t22-,25+/m0/s1. The number of aliphatic hydroxyl groups excluding tert-OH is 1. The summed E-state index contributed by atoms with van der Waals surface area (Å²) in [6, 6.07) is 9.77. The van der Waals surface area contributed by atoms with Gasteiger partial charge < -0.3 is 25.3 Å². The molecule has 2 aliphatic heterocycles. The summed E-state index contributed by atoms with van der Waals surface area (Å²) < 4.78 is 13.4. The Hall–Kier alpha value is -3.55. The molecule has 4 rings (SSSR count). The quantitative estimate of drug-likeness (QED) is 0.563. The highest BCUT2D eigenvalue weighted by atomic mass is 19.1. The van der Waals surface area contributed by atoms with Crippen LogP contribution in [-0.2, 0) is 22.7 Å². The second-order valence-electron chi connectivity index (χ2n) is 9.27. The number of benzene rings is 1. The first-order chi connectivity index (χ1) is 16.7. The third-order valence-electron chi connectivity index (χ3n) is 6.81. The Morgan fingerprint density at radius 1 is 1.31 bits per heavy atom. The van der Waals surface area contributed by atoms with E-state index in [4.69, 9.17) is 0 Å². The average Bonchev–Trinajstić information content (AvgIpc) is 3.31. The summed E-state index contributed by atoms with van der Waals surface area (Å²) in [6.07, 6.45) is 1.14. The van der Waals surface area contributed by atoms with Crippen LogP contribution >= 0.6 is 0 Å². The number of anilines is 1. The molecule has 0 unspecified atom stereocenters. The van der Waals surface area contributed by atoms with Gasteiger partial charge in [-0.3, -0.25) is 14.6 Å². The minimum Gasteiger partial charge on any atom is -0.380 e. The van der Waals surface area contributed by atoms with E-state index < -0.39 is 29.3 Å². The fourth-order valence-corrected chi connectivity index (χ4v) is 4.56. The van der Waals surface area contributed by atoms with Gasteiger partial charge in [0, 0.05) is 32.4 Å². The average molecular weight is 482 g/mol. The van der Waals surface area contributed by atoms with Gasteiger partial charge in [-0.25, -0.2) is 4.39 Å². The molecule has 35 heavy (non-hydrogen) atoms. The maximum absolute atomic E-state index is 13.4. The Kier molecular flexibility index (Phi) is 7.00. The summed E-state index contributed by atoms with van der Waals surface area (Å²) in [5.41, 5.74) is 0.260. The number of fused-ring (bicyclic) bond motifs is 1. The van der Waals surface area contributed by atoms with Crippen molar-refractivity contribution in [3.8, 4) is 6.07 Å². The zero-order valence-electron chi connectivity index (χ0n) is 19.4. The number of aromatic nitrogens is 1. The van der Waals surface area contributed by atoms with Crippen LogP contribution in [0.25, 0.3) is 0 Å². The van der Waals surface area contributed by atoms with Crippen LogP contribution < -0.4 is 10.2 Å². The molecule has 10 heteroatoms. The van der Waals surface area contributed by atoms with Gasteiger partial charge in [0.1, 0.15) is 11.9 Å². The smallest absolute Gasteiger partial charge is 0.255 e. The highest BCUT2D eigenvalue weighted by Gasteiger charge is 2.45. The minimum atomic E-state index is -2.30. The molecule has 2 aromatic rings. The molecule has 1 aromatic heterocycles. The number of nitrogens with one attached hydrogen (secondary N) is 1. The highest BCUT2D eigenvalue weighted by Crippen LogP contribution is 2.27. The third kappa shape index (κ3) is 5.11. The zero-order chi connectivity index (χ0) is 25.2. The first-order valence-electron chi connectivity index (χ1n) is 11.6. The normalized spacial score (nSPS) is 18.4. The van der Waals surface area contributed by atoms with Gasteiger partial charge in [0.05, 0.1) is 23.5 Å². The second-order valence-corrected chi connectivity index (χ2v) is 9.27. The Labute approximate surface area is 202 Å². The predicted octanol–water partition coefficient (Wildman–Crippen LogP) is 1.08. The van der Waals surface area contributed by atoms with E-state index in [0.29, 0.717) is 31.6 Å². The van der Waals surface area contributed by atoms with Gasteiger partial charge in [0.15, 0.2) is 11.7 Å². The molecule has 9 nitrogen and oxygen atoms in total. The van der Waals surface area contributed by atoms with Gasteiger partial charge in [-0.15, -0.1) is 0 Å². The molecule has 0 bridgehead atoms. The maximum atomic E-state index is 13.4. The van der Waals surface area contributed by atoms with Crippen LogP contribution in [0, 0.1) is 23.1 Å². The molecule has 1 fully saturated rings. The molecule has 1 saturated heterocycles. The van der Waals surface area contributed by atoms with Crippen molar-refractivity contribution in [2.24, 2.45) is 5.92 Å². The molecule has 0 spiro atoms. The molecule has 2 atom stereocenters. The lowest BCUT2D eigenvalue weighted by molar-refractivity contribution is -0.166. The minimum absolute atomic E-state index is 0.115. The Balaban J connectivity index is 1.28. The third-order valence-corrected chi connectivity index (χ3v) is 6.81. The SMILES string of the molecule is C[C@](O)(C(=O)NCC1CCN(c2ccc(F)cc2C#N)CC1)[C@@H](O)C(=O)N1Cc2cccnc2C1. The largest absolute Gasteiger partial charge is 0.380 e. The topological polar surface area (TPSA) is 130 Å². The summed E-state index contributed by atoms with van der Waals surface area (Å²) in [5, 5.41) is 33.2. The number of carbonyl (C=O) groups excluding carboxylic acids is 2. The van der Waals surface area contributed by atoms with Crippen molar-refractivity contribution >= 4 is 17.5 Å². The molecule has 2 amide bonds. The van der Waals surface area contributed by atoms with Crippen molar-refractivity contribution in [2.75, 3.05) is 24.5 Å². The fourth-order valence-electron chi connectivity index (χ4n) is 4.56. The van der Waals surface area contributed by atoms with Crippen LogP contribution in [0.1, 0.15) is 36.6 Å². The van der Waals surface area contributed by atoms with Gasteiger partial charge >= 0.3 is 0 Å². The number of halogens is 1. The molecule has 0 saturated carbocycles. The molecular formula is C25H28FN5O4. The number of carbonyl (C=O) groups is 2. The highest BCUT2D eigenvalue weighted by molar-refractivity contribution is 5.94. The maximum Gasteiger partial charge on any atom is 0.255 e. The van der Waals surface area contributed by atoms with Crippen LogP contribution in [0.3, 0.4) is 0 Å². The number of rotatable bonds is 6. The number of piperidine rings is 1. The molecule has 3 heterocycles. The van der Waals surface area contributed by atoms with E-state index in [0.717, 1.165) is 18.2 Å². The Bertz CT molecular complexity index is 1130. The van der Waals surface area contributed by atoms with Gasteiger partial charge in [0.2, 0.25) is 0 Å². The molecule has 1 aromatic carbocycles. The predicted molar refractivity (Wildman–Crippen MR) is 124 cm³/mol. The van der Waals surface area contributed by atoms with Crippen LogP contribution in [0.4, 0.5) is 10.1 Å². The van der Waals surface area contributed by atoms with Crippen molar-refractivity contribution in [3.05, 3.63) is 59.2 Å². The molecule has 2 aliphatic rings. The number of nitrogens with zero attached hydrogens (tertiary/aromatic N) is 4. The number of pyridine rings is 1. The summed E-state index contributed by atoms with van der Waals surface area (Å²) in [6.45, 7) is 3.13. The number of hydrogen-bond acceptors (Lipinski definition) is 7. The lowest BCUT2D eigenvalue weighted by Gasteiger charge is -2.35. The monoisotopic (exact) mass is 481 g/mol. The van der Waals surface area contributed by atoms with Crippen LogP contribution in [-0.4, -0.2) is 63.3 Å². The van der Waals surface area contributed by atoms with Crippen LogP contribution in [0.15, 0.2) is 36.5 Å². The van der Waals surface area contributed by atoms with Gasteiger partial charge in [-0.2, -0.15) is 5.26 Å². The summed E-state index contributed by atoms with van der Waals surface area (Å²) >= 11 is 0. The molecular weight excluding hydrogens is 453 g/mol. The first-order valence-corrected chi connectivity index (χ1v) is 11.6. The number of hydrogen-bond donors (Lipinski definition) is 3. The van der Waals surface area contributed by atoms with Crippen molar-refractivity contribution < 1.29 is 24.2 Å². The van der Waals surface area contributed by atoms with Gasteiger partial charge in [-0.1, -0.05) is 6.07 Å². The summed E-state index contributed by atoms with van der Waals surface area (Å²) in [4.78, 5) is 33.1. The fraction of sp³-hybridized carbons (Fsp3) is 0.440. The number of nitriles is 1. The lowest BCUT2D eigenvalue weighted by atomic mass is 9.93. The molecule has 3 N–H and O–H groups in total. The molecule has 0 aliphatic carbocycles. The summed E-state index contributed by atoms with van der Waals surface area (Å²) in [5.74, 6) is -1.89. The first kappa shape index (κ1) is 24.6. The van der Waals surface area contributed by atoms with Crippen LogP contribution in [0.5, 0.6) is 0 Å². The Morgan fingerprint density at radius 3 is 2.74 bits per heavy atom. The van der Waals surface area contributed by atoms with Gasteiger partial charge in [0.25, 0.3) is 11.8 Å². The van der Waals surface area contributed by atoms with Crippen molar-refractivity contribution in [1.82, 2.24) is 15.2 Å². The lowest BCUT2D eigenvalue weighted by Crippen LogP contribution is -2.58. The zero-order valence-corrected chi connectivity index (χ0v) is 19.4. The second kappa shape index (κ2) is 9.98. The summed E-state index contributed by atoms with van der Waals surface area (Å²) in [7, 11) is 0. The van der Waals surface area contributed by atoms with Gasteiger partial charge in [-0.05, 0) is 55.5 Å². The van der Waals surface area contributed by atoms with E-state index >= 15 is 0 Å². The Morgan fingerprint density at radius 2 is 2.06 bits per heavy atom. The molecule has 184 valence electrons. The van der Waals surface area contributed by atoms with E-state index in [1.54, 1.807) is 18.3 Å². The van der Waals surface area contributed by atoms with E-state index in [1.165, 1.54) is 17.0 Å². The van der Waals surface area contributed by atoms with Crippen molar-refractivity contribution in [3.63, 3.8) is 0 Å². The van der Waals surface area contributed by atoms with E-state index in [9.17, 15) is 29.5 Å². The van der Waals surface area contributed by atoms with Crippen molar-refractivity contribution in [2.45, 2.75) is 44.6 Å². The molecule has 0 radical (unpaired) electrons. The number of amides is 2. The van der Waals surface area contributed by atoms with E-state index in [1.807, 2.05) is 17.0 Å². The number of aliphatic hydroxyl groups is 2. The van der Waals surface area contributed by atoms with E-state index in [-0.39, 0.29) is 31.1 Å². The van der Waals surface area contributed by atoms with Crippen molar-refractivity contribution in [1.29, 1.82) is 5.26 Å². The van der Waals surface area contributed by atoms with Crippen LogP contribution in [0.2, 0.25) is 0 Å².